The molecule has 3 heterocycles. The van der Waals surface area contributed by atoms with Crippen LogP contribution in [0.4, 0.5) is 21.0 Å². The number of hydrogen-bond acceptors (Lipinski definition) is 7. The molecule has 2 aromatic rings. The summed E-state index contributed by atoms with van der Waals surface area (Å²) >= 11 is 0. The number of carbonyl (C=O) groups is 1. The molecule has 33 heavy (non-hydrogen) atoms. The van der Waals surface area contributed by atoms with Gasteiger partial charge in [-0.15, -0.1) is 0 Å². The van der Waals surface area contributed by atoms with Crippen LogP contribution in [0, 0.1) is 11.7 Å². The van der Waals surface area contributed by atoms with Crippen molar-refractivity contribution in [3.8, 4) is 0 Å². The molecular weight excluding hydrogens is 425 g/mol. The summed E-state index contributed by atoms with van der Waals surface area (Å²) in [7, 11) is 0. The van der Waals surface area contributed by atoms with Crippen molar-refractivity contribution in [3.05, 3.63) is 47.4 Å². The highest BCUT2D eigenvalue weighted by atomic mass is 19.1. The van der Waals surface area contributed by atoms with Gasteiger partial charge in [-0.2, -0.15) is 4.98 Å². The molecule has 4 rings (SSSR count). The summed E-state index contributed by atoms with van der Waals surface area (Å²) in [4.78, 5) is 24.2. The van der Waals surface area contributed by atoms with Crippen molar-refractivity contribution in [1.29, 1.82) is 0 Å². The van der Waals surface area contributed by atoms with Crippen LogP contribution < -0.4 is 10.2 Å². The molecule has 178 valence electrons. The predicted octanol–water partition coefficient (Wildman–Crippen LogP) is 3.82. The second kappa shape index (κ2) is 10.0. The van der Waals surface area contributed by atoms with E-state index in [0.29, 0.717) is 6.54 Å². The fraction of sp³-hybridized carbons (Fsp3) is 0.542. The van der Waals surface area contributed by atoms with Crippen LogP contribution in [-0.2, 0) is 22.6 Å². The van der Waals surface area contributed by atoms with Gasteiger partial charge in [0.25, 0.3) is 0 Å². The van der Waals surface area contributed by atoms with Crippen LogP contribution >= 0.6 is 0 Å². The van der Waals surface area contributed by atoms with Crippen molar-refractivity contribution >= 4 is 17.9 Å². The van der Waals surface area contributed by atoms with Crippen LogP contribution in [-0.4, -0.2) is 58.9 Å². The van der Waals surface area contributed by atoms with Crippen molar-refractivity contribution in [1.82, 2.24) is 14.9 Å². The summed E-state index contributed by atoms with van der Waals surface area (Å²) in [5.74, 6) is -0.349. The van der Waals surface area contributed by atoms with Gasteiger partial charge in [0, 0.05) is 26.2 Å². The third-order valence-electron chi connectivity index (χ3n) is 6.00. The van der Waals surface area contributed by atoms with Crippen molar-refractivity contribution in [2.45, 2.75) is 59.0 Å². The largest absolute Gasteiger partial charge is 0.447 e. The van der Waals surface area contributed by atoms with Gasteiger partial charge in [0.2, 0.25) is 5.95 Å². The number of morpholine rings is 1. The number of carbonyl (C=O) groups excluding carboxylic acids is 1. The maximum Gasteiger partial charge on any atom is 0.416 e. The van der Waals surface area contributed by atoms with Gasteiger partial charge in [0.1, 0.15) is 6.61 Å². The van der Waals surface area contributed by atoms with Crippen molar-refractivity contribution in [2.24, 2.45) is 5.92 Å². The van der Waals surface area contributed by atoms with Crippen LogP contribution in [0.1, 0.15) is 38.8 Å². The number of aromatic nitrogens is 2. The quantitative estimate of drug-likeness (QED) is 0.677. The molecule has 2 fully saturated rings. The lowest BCUT2D eigenvalue weighted by Gasteiger charge is -2.35. The molecule has 0 bridgehead atoms. The highest BCUT2D eigenvalue weighted by molar-refractivity contribution is 5.89. The molecule has 1 aromatic carbocycles. The smallest absolute Gasteiger partial charge is 0.416 e. The lowest BCUT2D eigenvalue weighted by atomic mass is 10.0. The van der Waals surface area contributed by atoms with Crippen LogP contribution in [0.5, 0.6) is 0 Å². The van der Waals surface area contributed by atoms with Gasteiger partial charge in [-0.05, 0) is 30.9 Å². The summed E-state index contributed by atoms with van der Waals surface area (Å²) in [5.41, 5.74) is 2.30. The third-order valence-corrected chi connectivity index (χ3v) is 6.00. The average Bonchev–Trinajstić information content (AvgIpc) is 3.15. The van der Waals surface area contributed by atoms with Gasteiger partial charge in [-0.1, -0.05) is 38.1 Å². The predicted molar refractivity (Wildman–Crippen MR) is 123 cm³/mol. The Bertz CT molecular complexity index is 961. The fourth-order valence-electron chi connectivity index (χ4n) is 4.40. The number of halogens is 1. The van der Waals surface area contributed by atoms with Crippen LogP contribution in [0.3, 0.4) is 0 Å². The lowest BCUT2D eigenvalue weighted by molar-refractivity contribution is -0.0704. The maximum absolute atomic E-state index is 14.5. The molecule has 0 saturated carbocycles. The van der Waals surface area contributed by atoms with Crippen molar-refractivity contribution in [3.63, 3.8) is 0 Å². The molecule has 1 aromatic heterocycles. The number of rotatable bonds is 7. The Hall–Kier alpha value is -2.78. The summed E-state index contributed by atoms with van der Waals surface area (Å²) in [6.45, 7) is 11.6. The van der Waals surface area contributed by atoms with Gasteiger partial charge in [-0.3, -0.25) is 9.80 Å². The molecular formula is C24H32FN5O3. The molecule has 0 radical (unpaired) electrons. The highest BCUT2D eigenvalue weighted by Crippen LogP contribution is 2.28. The standard InChI is InChI=1S/C24H32FN5O3/c1-15(2)21-14-32-24(31)30(21)22-20(25)10-27-23(28-22)26-9-18-5-7-19(8-6-18)13-29-11-16(3)33-17(4)12-29/h5-8,10,15-17,21H,9,11-14H2,1-4H3,(H,26,27,28)/t16-,17+,21?. The Labute approximate surface area is 194 Å². The van der Waals surface area contributed by atoms with Crippen molar-refractivity contribution in [2.75, 3.05) is 29.9 Å². The van der Waals surface area contributed by atoms with Crippen LogP contribution in [0.25, 0.3) is 0 Å². The van der Waals surface area contributed by atoms with E-state index in [1.165, 1.54) is 10.5 Å². The van der Waals surface area contributed by atoms with E-state index >= 15 is 0 Å². The number of cyclic esters (lactones) is 1. The Kier molecular flexibility index (Phi) is 7.09. The van der Waals surface area contributed by atoms with E-state index < -0.39 is 11.9 Å². The van der Waals surface area contributed by atoms with E-state index in [1.807, 2.05) is 13.8 Å². The van der Waals surface area contributed by atoms with E-state index in [2.05, 4.69) is 58.3 Å². The van der Waals surface area contributed by atoms with E-state index in [4.69, 9.17) is 9.47 Å². The zero-order chi connectivity index (χ0) is 23.5. The number of ether oxygens (including phenoxy) is 2. The van der Waals surface area contributed by atoms with Crippen molar-refractivity contribution < 1.29 is 18.7 Å². The zero-order valence-electron chi connectivity index (χ0n) is 19.6. The average molecular weight is 458 g/mol. The van der Waals surface area contributed by atoms with Gasteiger partial charge >= 0.3 is 6.09 Å². The van der Waals surface area contributed by atoms with Crippen LogP contribution in [0.2, 0.25) is 0 Å². The molecule has 2 saturated heterocycles. The van der Waals surface area contributed by atoms with Gasteiger partial charge in [0.05, 0.1) is 24.4 Å². The topological polar surface area (TPSA) is 79.8 Å². The van der Waals surface area contributed by atoms with Gasteiger partial charge < -0.3 is 14.8 Å². The molecule has 8 nitrogen and oxygen atoms in total. The number of anilines is 2. The fourth-order valence-corrected chi connectivity index (χ4v) is 4.40. The third kappa shape index (κ3) is 5.59. The first-order chi connectivity index (χ1) is 15.8. The van der Waals surface area contributed by atoms with E-state index in [9.17, 15) is 9.18 Å². The summed E-state index contributed by atoms with van der Waals surface area (Å²) < 4.78 is 25.4. The zero-order valence-corrected chi connectivity index (χ0v) is 19.6. The molecule has 2 aliphatic rings. The molecule has 0 spiro atoms. The first kappa shape index (κ1) is 23.4. The highest BCUT2D eigenvalue weighted by Gasteiger charge is 2.38. The summed E-state index contributed by atoms with van der Waals surface area (Å²) in [6.07, 6.45) is 0.991. The van der Waals surface area contributed by atoms with Gasteiger partial charge in [-0.25, -0.2) is 14.2 Å². The van der Waals surface area contributed by atoms with E-state index in [-0.39, 0.29) is 42.5 Å². The number of amides is 1. The molecule has 2 aliphatic heterocycles. The first-order valence-corrected chi connectivity index (χ1v) is 11.5. The minimum atomic E-state index is -0.652. The molecule has 1 amide bonds. The molecule has 1 unspecified atom stereocenters. The van der Waals surface area contributed by atoms with Gasteiger partial charge in [0.15, 0.2) is 11.6 Å². The number of hydrogen-bond donors (Lipinski definition) is 1. The number of nitrogens with zero attached hydrogens (tertiary/aromatic N) is 4. The molecule has 1 N–H and O–H groups in total. The molecule has 9 heteroatoms. The minimum Gasteiger partial charge on any atom is -0.447 e. The molecule has 0 aliphatic carbocycles. The van der Waals surface area contributed by atoms with E-state index in [0.717, 1.165) is 31.4 Å². The second-order valence-corrected chi connectivity index (χ2v) is 9.24. The lowest BCUT2D eigenvalue weighted by Crippen LogP contribution is -2.44. The van der Waals surface area contributed by atoms with Crippen LogP contribution in [0.15, 0.2) is 30.5 Å². The minimum absolute atomic E-state index is 0.0574. The number of benzene rings is 1. The van der Waals surface area contributed by atoms with E-state index in [1.54, 1.807) is 0 Å². The number of nitrogens with one attached hydrogen (secondary N) is 1. The maximum atomic E-state index is 14.5. The SMILES string of the molecule is CC(C)C1COC(=O)N1c1nc(NCc2ccc(CN3C[C@@H](C)O[C@@H](C)C3)cc2)ncc1F. The monoisotopic (exact) mass is 457 g/mol. The Morgan fingerprint density at radius 3 is 2.48 bits per heavy atom. The summed E-state index contributed by atoms with van der Waals surface area (Å²) in [5, 5.41) is 3.13. The second-order valence-electron chi connectivity index (χ2n) is 9.24. The Balaban J connectivity index is 1.38. The Morgan fingerprint density at radius 1 is 1.15 bits per heavy atom. The molecule has 3 atom stereocenters. The Morgan fingerprint density at radius 2 is 1.82 bits per heavy atom. The summed E-state index contributed by atoms with van der Waals surface area (Å²) in [6, 6.07) is 8.09. The normalized spacial score (nSPS) is 23.8. The first-order valence-electron chi connectivity index (χ1n) is 11.5.